The molecule has 0 fully saturated rings. The average molecular weight is 352 g/mol. The molecular formula is C19H24N6O. The first-order valence-electron chi connectivity index (χ1n) is 8.66. The van der Waals surface area contributed by atoms with Crippen LogP contribution in [0.2, 0.25) is 0 Å². The Labute approximate surface area is 152 Å². The quantitative estimate of drug-likeness (QED) is 0.733. The van der Waals surface area contributed by atoms with E-state index in [9.17, 15) is 4.79 Å². The van der Waals surface area contributed by atoms with Gasteiger partial charge in [0.25, 0.3) is 5.91 Å². The van der Waals surface area contributed by atoms with Crippen LogP contribution in [0.15, 0.2) is 36.5 Å². The van der Waals surface area contributed by atoms with Gasteiger partial charge in [0.05, 0.1) is 22.4 Å². The highest BCUT2D eigenvalue weighted by molar-refractivity contribution is 5.94. The predicted octanol–water partition coefficient (Wildman–Crippen LogP) is 2.23. The fourth-order valence-electron chi connectivity index (χ4n) is 2.78. The van der Waals surface area contributed by atoms with Gasteiger partial charge in [-0.15, -0.1) is 5.10 Å². The molecule has 3 aromatic rings. The van der Waals surface area contributed by atoms with E-state index in [0.717, 1.165) is 16.6 Å². The lowest BCUT2D eigenvalue weighted by Gasteiger charge is -2.33. The summed E-state index contributed by atoms with van der Waals surface area (Å²) in [5.41, 5.74) is 7.91. The first kappa shape index (κ1) is 18.0. The first-order chi connectivity index (χ1) is 12.4. The van der Waals surface area contributed by atoms with E-state index in [4.69, 9.17) is 5.73 Å². The molecular weight excluding hydrogens is 328 g/mol. The first-order valence-corrected chi connectivity index (χ1v) is 8.66. The number of benzene rings is 1. The molecule has 0 spiro atoms. The van der Waals surface area contributed by atoms with Crippen molar-refractivity contribution in [3.8, 4) is 5.69 Å². The van der Waals surface area contributed by atoms with Crippen molar-refractivity contribution in [2.45, 2.75) is 33.2 Å². The Morgan fingerprint density at radius 3 is 2.73 bits per heavy atom. The van der Waals surface area contributed by atoms with Gasteiger partial charge >= 0.3 is 0 Å². The van der Waals surface area contributed by atoms with Crippen molar-refractivity contribution in [2.75, 3.05) is 6.54 Å². The molecule has 3 N–H and O–H groups in total. The SMILES string of the molecule is Cc1c(C(=O)NC(C)(CN)C(C)C)nnn1-c1cccc2cccnc12. The molecule has 0 aliphatic carbocycles. The van der Waals surface area contributed by atoms with Gasteiger partial charge in [0.15, 0.2) is 5.69 Å². The third-order valence-corrected chi connectivity index (χ3v) is 5.05. The van der Waals surface area contributed by atoms with Crippen LogP contribution in [0.1, 0.15) is 37.0 Å². The number of carbonyl (C=O) groups is 1. The van der Waals surface area contributed by atoms with Crippen molar-refractivity contribution in [2.24, 2.45) is 11.7 Å². The number of amides is 1. The average Bonchev–Trinajstić information content (AvgIpc) is 3.02. The standard InChI is InChI=1S/C19H24N6O/c1-12(2)19(4,11-20)22-18(26)16-13(3)25(24-23-16)15-9-5-7-14-8-6-10-21-17(14)15/h5-10,12H,11,20H2,1-4H3,(H,22,26). The van der Waals surface area contributed by atoms with Crippen LogP contribution in [0, 0.1) is 12.8 Å². The van der Waals surface area contributed by atoms with Crippen LogP contribution in [-0.2, 0) is 0 Å². The zero-order valence-electron chi connectivity index (χ0n) is 15.5. The highest BCUT2D eigenvalue weighted by Crippen LogP contribution is 2.22. The van der Waals surface area contributed by atoms with E-state index in [1.54, 1.807) is 10.9 Å². The number of hydrogen-bond acceptors (Lipinski definition) is 5. The second-order valence-electron chi connectivity index (χ2n) is 7.02. The Balaban J connectivity index is 1.99. The van der Waals surface area contributed by atoms with Gasteiger partial charge in [-0.2, -0.15) is 0 Å². The topological polar surface area (TPSA) is 98.7 Å². The van der Waals surface area contributed by atoms with E-state index in [1.165, 1.54) is 0 Å². The number of nitrogens with zero attached hydrogens (tertiary/aromatic N) is 4. The Morgan fingerprint density at radius 2 is 2.04 bits per heavy atom. The zero-order chi connectivity index (χ0) is 18.9. The van der Waals surface area contributed by atoms with Crippen LogP contribution in [0.5, 0.6) is 0 Å². The molecule has 3 rings (SSSR count). The predicted molar refractivity (Wildman–Crippen MR) is 101 cm³/mol. The lowest BCUT2D eigenvalue weighted by Crippen LogP contribution is -2.55. The van der Waals surface area contributed by atoms with Crippen LogP contribution in [0.3, 0.4) is 0 Å². The Bertz CT molecular complexity index is 943. The lowest BCUT2D eigenvalue weighted by molar-refractivity contribution is 0.0877. The number of fused-ring (bicyclic) bond motifs is 1. The summed E-state index contributed by atoms with van der Waals surface area (Å²) in [5.74, 6) is -0.0855. The molecule has 2 aromatic heterocycles. The molecule has 136 valence electrons. The molecule has 1 unspecified atom stereocenters. The number of rotatable bonds is 5. The highest BCUT2D eigenvalue weighted by Gasteiger charge is 2.31. The largest absolute Gasteiger partial charge is 0.344 e. The summed E-state index contributed by atoms with van der Waals surface area (Å²) >= 11 is 0. The number of aromatic nitrogens is 4. The van der Waals surface area contributed by atoms with E-state index >= 15 is 0 Å². The summed E-state index contributed by atoms with van der Waals surface area (Å²) in [6, 6.07) is 9.71. The molecule has 0 aliphatic heterocycles. The maximum absolute atomic E-state index is 12.8. The summed E-state index contributed by atoms with van der Waals surface area (Å²) < 4.78 is 1.65. The number of pyridine rings is 1. The molecule has 0 aliphatic rings. The number of carbonyl (C=O) groups excluding carboxylic acids is 1. The van der Waals surface area contributed by atoms with Crippen LogP contribution < -0.4 is 11.1 Å². The van der Waals surface area contributed by atoms with Gasteiger partial charge in [0.2, 0.25) is 0 Å². The molecule has 1 amide bonds. The van der Waals surface area contributed by atoms with Crippen LogP contribution in [0.4, 0.5) is 0 Å². The van der Waals surface area contributed by atoms with Gasteiger partial charge in [-0.25, -0.2) is 4.68 Å². The monoisotopic (exact) mass is 352 g/mol. The van der Waals surface area contributed by atoms with E-state index in [2.05, 4.69) is 20.6 Å². The minimum atomic E-state index is -0.506. The third-order valence-electron chi connectivity index (χ3n) is 5.05. The summed E-state index contributed by atoms with van der Waals surface area (Å²) in [6.07, 6.45) is 1.74. The van der Waals surface area contributed by atoms with Crippen molar-refractivity contribution in [1.29, 1.82) is 0 Å². The number of nitrogens with one attached hydrogen (secondary N) is 1. The normalized spacial score (nSPS) is 13.8. The number of hydrogen-bond donors (Lipinski definition) is 2. The summed E-state index contributed by atoms with van der Waals surface area (Å²) in [7, 11) is 0. The molecule has 0 saturated heterocycles. The van der Waals surface area contributed by atoms with Crippen LogP contribution in [0.25, 0.3) is 16.6 Å². The lowest BCUT2D eigenvalue weighted by atomic mass is 9.88. The second-order valence-corrected chi connectivity index (χ2v) is 7.02. The minimum Gasteiger partial charge on any atom is -0.344 e. The van der Waals surface area contributed by atoms with Gasteiger partial charge < -0.3 is 11.1 Å². The Morgan fingerprint density at radius 1 is 1.31 bits per heavy atom. The summed E-state index contributed by atoms with van der Waals surface area (Å²) in [6.45, 7) is 8.16. The van der Waals surface area contributed by atoms with Gasteiger partial charge in [0, 0.05) is 18.1 Å². The molecule has 0 bridgehead atoms. The fourth-order valence-corrected chi connectivity index (χ4v) is 2.78. The third kappa shape index (κ3) is 3.06. The molecule has 7 heteroatoms. The van der Waals surface area contributed by atoms with Crippen molar-refractivity contribution in [1.82, 2.24) is 25.3 Å². The summed E-state index contributed by atoms with van der Waals surface area (Å²) in [4.78, 5) is 17.2. The van der Waals surface area contributed by atoms with Gasteiger partial charge in [-0.3, -0.25) is 9.78 Å². The summed E-state index contributed by atoms with van der Waals surface area (Å²) in [5, 5.41) is 12.3. The molecule has 0 radical (unpaired) electrons. The maximum atomic E-state index is 12.8. The van der Waals surface area contributed by atoms with Crippen LogP contribution >= 0.6 is 0 Å². The van der Waals surface area contributed by atoms with E-state index in [-0.39, 0.29) is 11.8 Å². The Hall–Kier alpha value is -2.80. The maximum Gasteiger partial charge on any atom is 0.274 e. The Kier molecular flexibility index (Phi) is 4.73. The van der Waals surface area contributed by atoms with Gasteiger partial charge in [-0.1, -0.05) is 37.3 Å². The highest BCUT2D eigenvalue weighted by atomic mass is 16.2. The molecule has 2 heterocycles. The van der Waals surface area contributed by atoms with E-state index in [0.29, 0.717) is 17.9 Å². The van der Waals surface area contributed by atoms with E-state index in [1.807, 2.05) is 58.0 Å². The molecule has 1 atom stereocenters. The molecule has 7 nitrogen and oxygen atoms in total. The fraction of sp³-hybridized carbons (Fsp3) is 0.368. The van der Waals surface area contributed by atoms with Crippen LogP contribution in [-0.4, -0.2) is 38.0 Å². The van der Waals surface area contributed by atoms with Gasteiger partial charge in [-0.05, 0) is 31.9 Å². The minimum absolute atomic E-state index is 0.189. The van der Waals surface area contributed by atoms with E-state index < -0.39 is 5.54 Å². The molecule has 1 aromatic carbocycles. The molecule has 0 saturated carbocycles. The van der Waals surface area contributed by atoms with Crippen molar-refractivity contribution >= 4 is 16.8 Å². The van der Waals surface area contributed by atoms with Crippen molar-refractivity contribution in [3.05, 3.63) is 47.9 Å². The van der Waals surface area contributed by atoms with Crippen molar-refractivity contribution < 1.29 is 4.79 Å². The second kappa shape index (κ2) is 6.84. The van der Waals surface area contributed by atoms with Gasteiger partial charge in [0.1, 0.15) is 0 Å². The molecule has 26 heavy (non-hydrogen) atoms. The van der Waals surface area contributed by atoms with Crippen molar-refractivity contribution in [3.63, 3.8) is 0 Å². The number of para-hydroxylation sites is 1. The number of nitrogens with two attached hydrogens (primary N) is 1. The smallest absolute Gasteiger partial charge is 0.274 e. The zero-order valence-corrected chi connectivity index (χ0v) is 15.5.